The maximum atomic E-state index is 12.4. The Morgan fingerprint density at radius 2 is 2.30 bits per heavy atom. The van der Waals surface area contributed by atoms with Gasteiger partial charge >= 0.3 is 0 Å². The lowest BCUT2D eigenvalue weighted by Gasteiger charge is -2.10. The Kier molecular flexibility index (Phi) is 5.14. The molecule has 8 heteroatoms. The Labute approximate surface area is 119 Å². The topological polar surface area (TPSA) is 96.1 Å². The molecule has 1 aliphatic rings. The van der Waals surface area contributed by atoms with E-state index in [9.17, 15) is 8.42 Å². The van der Waals surface area contributed by atoms with E-state index in [0.717, 1.165) is 26.1 Å². The van der Waals surface area contributed by atoms with Crippen molar-refractivity contribution in [2.24, 2.45) is 5.92 Å². The highest BCUT2D eigenvalue weighted by molar-refractivity contribution is 7.89. The molecule has 1 atom stereocenters. The summed E-state index contributed by atoms with van der Waals surface area (Å²) >= 11 is 0. The van der Waals surface area contributed by atoms with Gasteiger partial charge in [-0.2, -0.15) is 5.10 Å². The Morgan fingerprint density at radius 1 is 1.50 bits per heavy atom. The van der Waals surface area contributed by atoms with E-state index in [1.807, 2.05) is 0 Å². The molecule has 1 aliphatic heterocycles. The van der Waals surface area contributed by atoms with Gasteiger partial charge in [0.05, 0.1) is 11.4 Å². The number of sulfonamides is 1. The highest BCUT2D eigenvalue weighted by Gasteiger charge is 2.24. The van der Waals surface area contributed by atoms with Gasteiger partial charge in [-0.05, 0) is 32.7 Å². The van der Waals surface area contributed by atoms with Crippen molar-refractivity contribution in [3.8, 4) is 0 Å². The molecule has 1 fully saturated rings. The van der Waals surface area contributed by atoms with Crippen LogP contribution in [0.4, 0.5) is 0 Å². The van der Waals surface area contributed by atoms with Gasteiger partial charge in [-0.3, -0.25) is 5.10 Å². The molecule has 1 saturated heterocycles. The van der Waals surface area contributed by atoms with E-state index in [2.05, 4.69) is 20.2 Å². The number of nitrogens with one attached hydrogen (secondary N) is 3. The van der Waals surface area contributed by atoms with Crippen molar-refractivity contribution >= 4 is 10.0 Å². The van der Waals surface area contributed by atoms with Crippen LogP contribution in [0, 0.1) is 12.8 Å². The number of hydrogen-bond donors (Lipinski definition) is 3. The molecule has 2 rings (SSSR count). The van der Waals surface area contributed by atoms with E-state index in [1.165, 1.54) is 0 Å². The molecule has 2 heterocycles. The van der Waals surface area contributed by atoms with Crippen LogP contribution in [0.15, 0.2) is 4.90 Å². The van der Waals surface area contributed by atoms with E-state index < -0.39 is 10.0 Å². The highest BCUT2D eigenvalue weighted by Crippen LogP contribution is 2.19. The smallest absolute Gasteiger partial charge is 0.244 e. The fourth-order valence-corrected chi connectivity index (χ4v) is 3.80. The Morgan fingerprint density at radius 3 is 2.95 bits per heavy atom. The van der Waals surface area contributed by atoms with E-state index in [1.54, 1.807) is 14.0 Å². The van der Waals surface area contributed by atoms with Crippen molar-refractivity contribution in [1.82, 2.24) is 20.2 Å². The molecule has 3 N–H and O–H groups in total. The number of aromatic nitrogens is 2. The maximum Gasteiger partial charge on any atom is 0.244 e. The largest absolute Gasteiger partial charge is 0.381 e. The van der Waals surface area contributed by atoms with Gasteiger partial charge in [-0.1, -0.05) is 0 Å². The Balaban J connectivity index is 2.00. The average molecular weight is 302 g/mol. The second kappa shape index (κ2) is 6.66. The molecule has 1 aromatic heterocycles. The zero-order valence-electron chi connectivity index (χ0n) is 11.9. The maximum absolute atomic E-state index is 12.4. The molecule has 0 saturated carbocycles. The summed E-state index contributed by atoms with van der Waals surface area (Å²) < 4.78 is 32.6. The molecule has 1 unspecified atom stereocenters. The summed E-state index contributed by atoms with van der Waals surface area (Å²) in [5, 5.41) is 9.68. The van der Waals surface area contributed by atoms with Crippen LogP contribution in [0.25, 0.3) is 0 Å². The van der Waals surface area contributed by atoms with Crippen molar-refractivity contribution < 1.29 is 13.2 Å². The normalized spacial score (nSPS) is 19.6. The molecule has 0 bridgehead atoms. The molecule has 20 heavy (non-hydrogen) atoms. The molecule has 0 aliphatic carbocycles. The van der Waals surface area contributed by atoms with E-state index in [-0.39, 0.29) is 4.90 Å². The molecule has 0 radical (unpaired) electrons. The highest BCUT2D eigenvalue weighted by atomic mass is 32.2. The zero-order valence-corrected chi connectivity index (χ0v) is 12.7. The van der Waals surface area contributed by atoms with Crippen LogP contribution in [0.5, 0.6) is 0 Å². The third-order valence-electron chi connectivity index (χ3n) is 3.44. The van der Waals surface area contributed by atoms with E-state index >= 15 is 0 Å². The summed E-state index contributed by atoms with van der Waals surface area (Å²) in [6.45, 7) is 4.07. The van der Waals surface area contributed by atoms with Crippen molar-refractivity contribution in [2.75, 3.05) is 26.8 Å². The summed E-state index contributed by atoms with van der Waals surface area (Å²) in [6.07, 6.45) is 1.81. The lowest BCUT2D eigenvalue weighted by molar-refractivity contribution is 0.184. The van der Waals surface area contributed by atoms with Crippen molar-refractivity contribution in [3.05, 3.63) is 11.4 Å². The first-order valence-electron chi connectivity index (χ1n) is 6.80. The summed E-state index contributed by atoms with van der Waals surface area (Å²) in [4.78, 5) is 0.259. The van der Waals surface area contributed by atoms with Gasteiger partial charge in [0.15, 0.2) is 0 Å². The van der Waals surface area contributed by atoms with Crippen LogP contribution in [-0.2, 0) is 21.3 Å². The van der Waals surface area contributed by atoms with Crippen LogP contribution < -0.4 is 10.0 Å². The minimum Gasteiger partial charge on any atom is -0.381 e. The summed E-state index contributed by atoms with van der Waals surface area (Å²) in [7, 11) is -1.76. The van der Waals surface area contributed by atoms with Gasteiger partial charge in [0.2, 0.25) is 10.0 Å². The minimum atomic E-state index is -3.52. The van der Waals surface area contributed by atoms with Gasteiger partial charge in [-0.25, -0.2) is 13.1 Å². The fourth-order valence-electron chi connectivity index (χ4n) is 2.39. The Hall–Kier alpha value is -0.960. The summed E-state index contributed by atoms with van der Waals surface area (Å²) in [5.41, 5.74) is 1.08. The predicted molar refractivity (Wildman–Crippen MR) is 74.8 cm³/mol. The fraction of sp³-hybridized carbons (Fsp3) is 0.750. The van der Waals surface area contributed by atoms with Crippen molar-refractivity contribution in [2.45, 2.75) is 31.2 Å². The third-order valence-corrected chi connectivity index (χ3v) is 5.11. The number of aromatic amines is 1. The first kappa shape index (κ1) is 15.4. The molecular formula is C12H22N4O3S. The number of aryl methyl sites for hydroxylation is 1. The predicted octanol–water partition coefficient (Wildman–Crippen LogP) is 0.142. The monoisotopic (exact) mass is 302 g/mol. The second-order valence-corrected chi connectivity index (χ2v) is 6.77. The quantitative estimate of drug-likeness (QED) is 0.666. The number of ether oxygens (including phenoxy) is 1. The SMILES string of the molecule is CNCc1n[nH]c(C)c1S(=O)(=O)NCCC1CCOC1. The van der Waals surface area contributed by atoms with Crippen LogP contribution in [-0.4, -0.2) is 45.4 Å². The molecular weight excluding hydrogens is 280 g/mol. The molecule has 114 valence electrons. The average Bonchev–Trinajstić information content (AvgIpc) is 3.00. The van der Waals surface area contributed by atoms with Gasteiger partial charge < -0.3 is 10.1 Å². The first-order valence-corrected chi connectivity index (χ1v) is 8.28. The molecule has 7 nitrogen and oxygen atoms in total. The molecule has 0 aromatic carbocycles. The van der Waals surface area contributed by atoms with Crippen molar-refractivity contribution in [3.63, 3.8) is 0 Å². The van der Waals surface area contributed by atoms with Gasteiger partial charge in [0.1, 0.15) is 4.90 Å². The van der Waals surface area contributed by atoms with Crippen molar-refractivity contribution in [1.29, 1.82) is 0 Å². The number of nitrogens with zero attached hydrogens (tertiary/aromatic N) is 1. The zero-order chi connectivity index (χ0) is 14.6. The lowest BCUT2D eigenvalue weighted by atomic mass is 10.1. The Bertz CT molecular complexity index is 535. The standard InChI is InChI=1S/C12H22N4O3S/c1-9-12(11(7-13-2)16-15-9)20(17,18)14-5-3-10-4-6-19-8-10/h10,13-14H,3-8H2,1-2H3,(H,15,16). The van der Waals surface area contributed by atoms with Crippen LogP contribution in [0.2, 0.25) is 0 Å². The van der Waals surface area contributed by atoms with Crippen LogP contribution in [0.1, 0.15) is 24.2 Å². The number of H-pyrrole nitrogens is 1. The second-order valence-electron chi connectivity index (χ2n) is 5.07. The minimum absolute atomic E-state index is 0.259. The van der Waals surface area contributed by atoms with E-state index in [4.69, 9.17) is 4.74 Å². The third kappa shape index (κ3) is 3.57. The number of rotatable bonds is 7. The molecule has 1 aromatic rings. The summed E-state index contributed by atoms with van der Waals surface area (Å²) in [6, 6.07) is 0. The first-order chi connectivity index (χ1) is 9.54. The van der Waals surface area contributed by atoms with Gasteiger partial charge in [0.25, 0.3) is 0 Å². The van der Waals surface area contributed by atoms with Gasteiger partial charge in [0, 0.05) is 26.3 Å². The van der Waals surface area contributed by atoms with E-state index in [0.29, 0.717) is 30.4 Å². The number of hydrogen-bond acceptors (Lipinski definition) is 5. The molecule has 0 amide bonds. The lowest BCUT2D eigenvalue weighted by Crippen LogP contribution is -2.28. The van der Waals surface area contributed by atoms with Crippen LogP contribution >= 0.6 is 0 Å². The van der Waals surface area contributed by atoms with Crippen LogP contribution in [0.3, 0.4) is 0 Å². The summed E-state index contributed by atoms with van der Waals surface area (Å²) in [5.74, 6) is 0.458. The van der Waals surface area contributed by atoms with Gasteiger partial charge in [-0.15, -0.1) is 0 Å². The molecule has 0 spiro atoms.